The maximum absolute atomic E-state index is 12.0. The van der Waals surface area contributed by atoms with Crippen molar-refractivity contribution in [3.8, 4) is 11.5 Å². The van der Waals surface area contributed by atoms with Crippen LogP contribution in [0.25, 0.3) is 22.7 Å². The van der Waals surface area contributed by atoms with E-state index in [0.29, 0.717) is 17.0 Å². The lowest BCUT2D eigenvalue weighted by Crippen LogP contribution is -2.36. The van der Waals surface area contributed by atoms with Crippen molar-refractivity contribution in [1.29, 1.82) is 0 Å². The fraction of sp³-hybridized carbons (Fsp3) is 0.182. The van der Waals surface area contributed by atoms with Crippen LogP contribution in [-0.2, 0) is 14.1 Å². The third-order valence-electron chi connectivity index (χ3n) is 2.95. The average molecular weight is 245 g/mol. The second kappa shape index (κ2) is 3.46. The number of aromatic nitrogens is 5. The summed E-state index contributed by atoms with van der Waals surface area (Å²) in [6.07, 6.45) is 1.76. The molecule has 0 fully saturated rings. The van der Waals surface area contributed by atoms with Gasteiger partial charge in [0.15, 0.2) is 11.5 Å². The molecule has 0 radical (unpaired) electrons. The van der Waals surface area contributed by atoms with Crippen molar-refractivity contribution in [2.45, 2.75) is 0 Å². The lowest BCUT2D eigenvalue weighted by molar-refractivity contribution is 0.709. The molecule has 7 nitrogen and oxygen atoms in total. The molecule has 0 aliphatic carbocycles. The van der Waals surface area contributed by atoms with E-state index >= 15 is 0 Å². The van der Waals surface area contributed by atoms with Gasteiger partial charge >= 0.3 is 5.69 Å². The molecular weight excluding hydrogens is 234 g/mol. The molecule has 3 rings (SSSR count). The molecule has 0 saturated heterocycles. The van der Waals surface area contributed by atoms with Crippen molar-refractivity contribution in [2.24, 2.45) is 14.1 Å². The van der Waals surface area contributed by atoms with E-state index < -0.39 is 5.69 Å². The van der Waals surface area contributed by atoms with Gasteiger partial charge in [-0.05, 0) is 12.1 Å². The number of hydrogen-bond donors (Lipinski definition) is 2. The molecule has 3 aromatic rings. The number of aryl methyl sites for hydroxylation is 1. The molecule has 92 valence electrons. The monoisotopic (exact) mass is 245 g/mol. The molecule has 0 aromatic carbocycles. The number of rotatable bonds is 1. The van der Waals surface area contributed by atoms with Crippen molar-refractivity contribution in [3.05, 3.63) is 39.2 Å². The van der Waals surface area contributed by atoms with Gasteiger partial charge in [-0.1, -0.05) is 0 Å². The maximum Gasteiger partial charge on any atom is 0.332 e. The first-order valence-electron chi connectivity index (χ1n) is 5.39. The molecule has 0 unspecified atom stereocenters. The molecular formula is C11H11N5O2. The van der Waals surface area contributed by atoms with E-state index in [4.69, 9.17) is 0 Å². The fourth-order valence-corrected chi connectivity index (χ4v) is 1.93. The van der Waals surface area contributed by atoms with Crippen LogP contribution in [0.15, 0.2) is 27.9 Å². The SMILES string of the molecule is Cn1c(=O)c2[nH]c(-c3ccc[nH]3)nc2n(C)c1=O. The molecule has 2 N–H and O–H groups in total. The summed E-state index contributed by atoms with van der Waals surface area (Å²) in [5.41, 5.74) is 0.674. The Hall–Kier alpha value is -2.57. The number of aromatic amines is 2. The first kappa shape index (κ1) is 10.6. The Kier molecular flexibility index (Phi) is 2.03. The predicted octanol–water partition coefficient (Wildman–Crippen LogP) is -0.0446. The average Bonchev–Trinajstić information content (AvgIpc) is 3.01. The molecule has 0 atom stereocenters. The highest BCUT2D eigenvalue weighted by Gasteiger charge is 2.14. The number of nitrogens with zero attached hydrogens (tertiary/aromatic N) is 3. The fourth-order valence-electron chi connectivity index (χ4n) is 1.93. The highest BCUT2D eigenvalue weighted by molar-refractivity contribution is 5.74. The molecule has 18 heavy (non-hydrogen) atoms. The Bertz CT molecular complexity index is 835. The van der Waals surface area contributed by atoms with E-state index in [9.17, 15) is 9.59 Å². The maximum atomic E-state index is 12.0. The Morgan fingerprint density at radius 3 is 2.67 bits per heavy atom. The quantitative estimate of drug-likeness (QED) is 0.630. The molecule has 3 aromatic heterocycles. The molecule has 0 amide bonds. The smallest absolute Gasteiger partial charge is 0.332 e. The van der Waals surface area contributed by atoms with Gasteiger partial charge in [-0.25, -0.2) is 9.78 Å². The number of fused-ring (bicyclic) bond motifs is 1. The summed E-state index contributed by atoms with van der Waals surface area (Å²) < 4.78 is 2.40. The molecule has 0 spiro atoms. The zero-order chi connectivity index (χ0) is 12.9. The molecule has 3 heterocycles. The highest BCUT2D eigenvalue weighted by Crippen LogP contribution is 2.15. The van der Waals surface area contributed by atoms with Crippen molar-refractivity contribution >= 4 is 11.2 Å². The summed E-state index contributed by atoms with van der Waals surface area (Å²) in [4.78, 5) is 33.9. The summed E-state index contributed by atoms with van der Waals surface area (Å²) in [5.74, 6) is 0.535. The van der Waals surface area contributed by atoms with Crippen molar-refractivity contribution < 1.29 is 0 Å². The van der Waals surface area contributed by atoms with Gasteiger partial charge in [0.1, 0.15) is 5.52 Å². The third kappa shape index (κ3) is 1.27. The van der Waals surface area contributed by atoms with E-state index in [0.717, 1.165) is 10.3 Å². The van der Waals surface area contributed by atoms with Crippen molar-refractivity contribution in [3.63, 3.8) is 0 Å². The van der Waals surface area contributed by atoms with Crippen molar-refractivity contribution in [2.75, 3.05) is 0 Å². The largest absolute Gasteiger partial charge is 0.359 e. The van der Waals surface area contributed by atoms with Crippen LogP contribution in [-0.4, -0.2) is 24.1 Å². The van der Waals surface area contributed by atoms with E-state index in [1.165, 1.54) is 11.6 Å². The molecule has 0 bridgehead atoms. The van der Waals surface area contributed by atoms with Gasteiger partial charge in [-0.15, -0.1) is 0 Å². The summed E-state index contributed by atoms with van der Waals surface area (Å²) in [5, 5.41) is 0. The van der Waals surface area contributed by atoms with Crippen LogP contribution < -0.4 is 11.2 Å². The van der Waals surface area contributed by atoms with Crippen LogP contribution in [0, 0.1) is 0 Å². The lowest BCUT2D eigenvalue weighted by atomic mass is 10.4. The van der Waals surface area contributed by atoms with Gasteiger partial charge in [0.05, 0.1) is 5.69 Å². The van der Waals surface area contributed by atoms with E-state index in [1.54, 1.807) is 13.2 Å². The Morgan fingerprint density at radius 2 is 2.00 bits per heavy atom. The van der Waals surface area contributed by atoms with Crippen LogP contribution in [0.3, 0.4) is 0 Å². The second-order valence-corrected chi connectivity index (χ2v) is 4.07. The van der Waals surface area contributed by atoms with Gasteiger partial charge in [0.25, 0.3) is 5.56 Å². The summed E-state index contributed by atoms with van der Waals surface area (Å²) in [6.45, 7) is 0. The molecule has 0 aliphatic rings. The van der Waals surface area contributed by atoms with Gasteiger partial charge in [0.2, 0.25) is 0 Å². The second-order valence-electron chi connectivity index (χ2n) is 4.07. The first-order valence-corrected chi connectivity index (χ1v) is 5.39. The van der Waals surface area contributed by atoms with Gasteiger partial charge in [0, 0.05) is 20.3 Å². The summed E-state index contributed by atoms with van der Waals surface area (Å²) >= 11 is 0. The van der Waals surface area contributed by atoms with Crippen LogP contribution in [0.1, 0.15) is 0 Å². The minimum atomic E-state index is -0.392. The minimum Gasteiger partial charge on any atom is -0.359 e. The standard InChI is InChI=1S/C11H11N5O2/c1-15-9-7(10(17)16(2)11(15)18)13-8(14-9)6-4-3-5-12-6/h3-5,12H,1-2H3,(H,13,14). The highest BCUT2D eigenvalue weighted by atomic mass is 16.2. The summed E-state index contributed by atoms with van der Waals surface area (Å²) in [7, 11) is 3.03. The van der Waals surface area contributed by atoms with Gasteiger partial charge in [-0.2, -0.15) is 0 Å². The van der Waals surface area contributed by atoms with E-state index in [2.05, 4.69) is 15.0 Å². The number of imidazole rings is 1. The Labute approximate surface area is 101 Å². The molecule has 0 saturated carbocycles. The van der Waals surface area contributed by atoms with Gasteiger partial charge < -0.3 is 9.97 Å². The van der Waals surface area contributed by atoms with E-state index in [1.807, 2.05) is 12.1 Å². The van der Waals surface area contributed by atoms with Crippen molar-refractivity contribution in [1.82, 2.24) is 24.1 Å². The van der Waals surface area contributed by atoms with Crippen LogP contribution in [0.2, 0.25) is 0 Å². The van der Waals surface area contributed by atoms with E-state index in [-0.39, 0.29) is 5.56 Å². The molecule has 0 aliphatic heterocycles. The minimum absolute atomic E-state index is 0.323. The Balaban J connectivity index is 2.44. The molecule has 7 heteroatoms. The zero-order valence-electron chi connectivity index (χ0n) is 9.89. The first-order chi connectivity index (χ1) is 8.59. The predicted molar refractivity (Wildman–Crippen MR) is 66.4 cm³/mol. The zero-order valence-corrected chi connectivity index (χ0v) is 9.89. The number of nitrogens with one attached hydrogen (secondary N) is 2. The topological polar surface area (TPSA) is 88.5 Å². The third-order valence-corrected chi connectivity index (χ3v) is 2.95. The van der Waals surface area contributed by atoms with Crippen LogP contribution in [0.4, 0.5) is 0 Å². The normalized spacial score (nSPS) is 11.2. The Morgan fingerprint density at radius 1 is 1.22 bits per heavy atom. The number of hydrogen-bond acceptors (Lipinski definition) is 3. The van der Waals surface area contributed by atoms with Crippen LogP contribution in [0.5, 0.6) is 0 Å². The lowest BCUT2D eigenvalue weighted by Gasteiger charge is -2.00. The number of H-pyrrole nitrogens is 2. The summed E-state index contributed by atoms with van der Waals surface area (Å²) in [6, 6.07) is 3.67. The van der Waals surface area contributed by atoms with Crippen LogP contribution >= 0.6 is 0 Å². The van der Waals surface area contributed by atoms with Gasteiger partial charge in [-0.3, -0.25) is 13.9 Å².